The zero-order valence-corrected chi connectivity index (χ0v) is 7.07. The fourth-order valence-corrected chi connectivity index (χ4v) is 0.772. The van der Waals surface area contributed by atoms with E-state index in [2.05, 4.69) is 17.4 Å². The number of aliphatic hydroxyl groups excluding tert-OH is 2. The van der Waals surface area contributed by atoms with E-state index in [1.54, 1.807) is 0 Å². The van der Waals surface area contributed by atoms with Crippen LogP contribution >= 0.6 is 12.6 Å². The summed E-state index contributed by atoms with van der Waals surface area (Å²) < 4.78 is 4.61. The van der Waals surface area contributed by atoms with Gasteiger partial charge in [0, 0.05) is 7.11 Å². The predicted octanol–water partition coefficient (Wildman–Crippen LogP) is -1.15. The van der Waals surface area contributed by atoms with Gasteiger partial charge in [-0.3, -0.25) is 0 Å². The minimum Gasteiger partial charge on any atom is -0.395 e. The molecule has 0 aliphatic rings. The molecular weight excluding hydrogens is 168 g/mol. The van der Waals surface area contributed by atoms with Crippen molar-refractivity contribution in [2.45, 2.75) is 17.5 Å². The summed E-state index contributed by atoms with van der Waals surface area (Å²) in [6.07, 6.45) is -1.50. The Morgan fingerprint density at radius 2 is 2.27 bits per heavy atom. The number of aldehydes is 1. The van der Waals surface area contributed by atoms with E-state index in [-0.39, 0.29) is 6.61 Å². The molecule has 0 saturated carbocycles. The van der Waals surface area contributed by atoms with Gasteiger partial charge >= 0.3 is 0 Å². The normalized spacial score (nSPS) is 18.9. The Balaban J connectivity index is 3.96. The van der Waals surface area contributed by atoms with Crippen molar-refractivity contribution in [2.24, 2.45) is 0 Å². The van der Waals surface area contributed by atoms with Gasteiger partial charge in [-0.2, -0.15) is 12.6 Å². The first-order valence-corrected chi connectivity index (χ1v) is 3.64. The van der Waals surface area contributed by atoms with E-state index in [1.165, 1.54) is 7.11 Å². The molecule has 0 unspecified atom stereocenters. The maximum Gasteiger partial charge on any atom is 0.151 e. The molecule has 0 aromatic heterocycles. The monoisotopic (exact) mass is 180 g/mol. The molecule has 0 radical (unpaired) electrons. The second kappa shape index (κ2) is 5.54. The van der Waals surface area contributed by atoms with E-state index < -0.39 is 17.5 Å². The molecule has 0 aliphatic heterocycles. The van der Waals surface area contributed by atoms with Gasteiger partial charge in [-0.05, 0) is 0 Å². The topological polar surface area (TPSA) is 66.8 Å². The molecule has 5 heteroatoms. The summed E-state index contributed by atoms with van der Waals surface area (Å²) in [6, 6.07) is 0. The van der Waals surface area contributed by atoms with E-state index in [0.717, 1.165) is 0 Å². The third-order valence-electron chi connectivity index (χ3n) is 1.32. The molecular formula is C6H12O4S. The smallest absolute Gasteiger partial charge is 0.151 e. The van der Waals surface area contributed by atoms with Gasteiger partial charge in [0.1, 0.15) is 12.2 Å². The van der Waals surface area contributed by atoms with Crippen LogP contribution in [0.15, 0.2) is 0 Å². The lowest BCUT2D eigenvalue weighted by molar-refractivity contribution is -0.123. The highest BCUT2D eigenvalue weighted by Gasteiger charge is 2.23. The minimum atomic E-state index is -1.06. The van der Waals surface area contributed by atoms with Gasteiger partial charge in [-0.1, -0.05) is 0 Å². The van der Waals surface area contributed by atoms with Crippen molar-refractivity contribution in [3.8, 4) is 0 Å². The number of hydrogen-bond donors (Lipinski definition) is 3. The summed E-state index contributed by atoms with van der Waals surface area (Å²) in [5.41, 5.74) is 0. The van der Waals surface area contributed by atoms with Crippen LogP contribution in [0.4, 0.5) is 0 Å². The quantitative estimate of drug-likeness (QED) is 0.369. The number of methoxy groups -OCH3 is 1. The molecule has 0 aromatic rings. The molecule has 4 nitrogen and oxygen atoms in total. The zero-order chi connectivity index (χ0) is 8.85. The maximum atomic E-state index is 10.2. The van der Waals surface area contributed by atoms with Crippen LogP contribution in [0.3, 0.4) is 0 Å². The van der Waals surface area contributed by atoms with E-state index >= 15 is 0 Å². The first-order chi connectivity index (χ1) is 5.17. The van der Waals surface area contributed by atoms with E-state index in [9.17, 15) is 9.90 Å². The van der Waals surface area contributed by atoms with Gasteiger partial charge < -0.3 is 19.7 Å². The number of rotatable bonds is 5. The zero-order valence-electron chi connectivity index (χ0n) is 6.17. The lowest BCUT2D eigenvalue weighted by Gasteiger charge is -2.19. The molecule has 11 heavy (non-hydrogen) atoms. The fraction of sp³-hybridized carbons (Fsp3) is 0.833. The van der Waals surface area contributed by atoms with Crippen LogP contribution in [0.25, 0.3) is 0 Å². The third-order valence-corrected chi connectivity index (χ3v) is 1.79. The van der Waals surface area contributed by atoms with Crippen molar-refractivity contribution in [3.63, 3.8) is 0 Å². The van der Waals surface area contributed by atoms with Crippen molar-refractivity contribution in [3.05, 3.63) is 0 Å². The van der Waals surface area contributed by atoms with Crippen LogP contribution in [-0.4, -0.2) is 47.7 Å². The van der Waals surface area contributed by atoms with Crippen molar-refractivity contribution >= 4 is 18.9 Å². The second-order valence-electron chi connectivity index (χ2n) is 2.08. The summed E-state index contributed by atoms with van der Waals surface area (Å²) in [7, 11) is 1.31. The Bertz CT molecular complexity index is 119. The Kier molecular flexibility index (Phi) is 5.49. The van der Waals surface area contributed by atoms with E-state index in [0.29, 0.717) is 6.29 Å². The molecule has 0 saturated heterocycles. The van der Waals surface area contributed by atoms with Crippen LogP contribution in [-0.2, 0) is 9.53 Å². The van der Waals surface area contributed by atoms with Crippen molar-refractivity contribution in [2.75, 3.05) is 13.7 Å². The highest BCUT2D eigenvalue weighted by atomic mass is 32.1. The van der Waals surface area contributed by atoms with Crippen molar-refractivity contribution in [1.29, 1.82) is 0 Å². The lowest BCUT2D eigenvalue weighted by Crippen LogP contribution is -2.38. The Morgan fingerprint density at radius 3 is 2.55 bits per heavy atom. The first-order valence-electron chi connectivity index (χ1n) is 3.12. The predicted molar refractivity (Wildman–Crippen MR) is 42.7 cm³/mol. The summed E-state index contributed by atoms with van der Waals surface area (Å²) in [6.45, 7) is -0.294. The third kappa shape index (κ3) is 3.20. The highest BCUT2D eigenvalue weighted by molar-refractivity contribution is 7.81. The Hall–Kier alpha value is -0.100. The average Bonchev–Trinajstić information content (AvgIpc) is 2.05. The van der Waals surface area contributed by atoms with Crippen molar-refractivity contribution < 1.29 is 19.7 Å². The first kappa shape index (κ1) is 10.9. The Morgan fingerprint density at radius 1 is 1.73 bits per heavy atom. The summed E-state index contributed by atoms with van der Waals surface area (Å²) in [5.74, 6) is 0. The molecule has 0 aliphatic carbocycles. The van der Waals surface area contributed by atoms with Gasteiger partial charge in [0.15, 0.2) is 6.29 Å². The van der Waals surface area contributed by atoms with Gasteiger partial charge in [-0.25, -0.2) is 0 Å². The summed E-state index contributed by atoms with van der Waals surface area (Å²) in [5, 5.41) is 17.1. The van der Waals surface area contributed by atoms with Gasteiger partial charge in [0.2, 0.25) is 0 Å². The molecule has 0 rings (SSSR count). The average molecular weight is 180 g/mol. The van der Waals surface area contributed by atoms with Gasteiger partial charge in [0.25, 0.3) is 0 Å². The number of ether oxygens (including phenoxy) is 1. The highest BCUT2D eigenvalue weighted by Crippen LogP contribution is 2.06. The summed E-state index contributed by atoms with van der Waals surface area (Å²) >= 11 is 3.83. The standard InChI is InChI=1S/C6H12O4S/c1-10-4(2-7)6(9)5(11)3-8/h2,4-6,8-9,11H,3H2,1H3/t4-,5+,6-/m0/s1. The van der Waals surface area contributed by atoms with Crippen LogP contribution in [0, 0.1) is 0 Å². The molecule has 66 valence electrons. The molecule has 0 fully saturated rings. The molecule has 0 aromatic carbocycles. The number of hydrogen-bond acceptors (Lipinski definition) is 5. The van der Waals surface area contributed by atoms with E-state index in [4.69, 9.17) is 5.11 Å². The van der Waals surface area contributed by atoms with Crippen LogP contribution in [0.2, 0.25) is 0 Å². The molecule has 0 spiro atoms. The molecule has 3 atom stereocenters. The number of carbonyl (C=O) groups is 1. The van der Waals surface area contributed by atoms with E-state index in [1.807, 2.05) is 0 Å². The van der Waals surface area contributed by atoms with Gasteiger partial charge in [0.05, 0.1) is 11.9 Å². The molecule has 0 heterocycles. The molecule has 2 N–H and O–H groups in total. The van der Waals surface area contributed by atoms with Crippen LogP contribution < -0.4 is 0 Å². The lowest BCUT2D eigenvalue weighted by atomic mass is 10.1. The number of carbonyl (C=O) groups excluding carboxylic acids is 1. The molecule has 0 amide bonds. The van der Waals surface area contributed by atoms with Crippen molar-refractivity contribution in [1.82, 2.24) is 0 Å². The van der Waals surface area contributed by atoms with Crippen LogP contribution in [0.1, 0.15) is 0 Å². The SMILES string of the molecule is CO[C@@H](C=O)[C@H](O)[C@H](S)CO. The number of thiol groups is 1. The minimum absolute atomic E-state index is 0.294. The van der Waals surface area contributed by atoms with Crippen LogP contribution in [0.5, 0.6) is 0 Å². The Labute approximate surface area is 70.6 Å². The number of aliphatic hydroxyl groups is 2. The largest absolute Gasteiger partial charge is 0.395 e. The van der Waals surface area contributed by atoms with Gasteiger partial charge in [-0.15, -0.1) is 0 Å². The second-order valence-corrected chi connectivity index (χ2v) is 2.74. The molecule has 0 bridgehead atoms. The fourth-order valence-electron chi connectivity index (χ4n) is 0.602. The maximum absolute atomic E-state index is 10.2. The summed E-state index contributed by atoms with van der Waals surface area (Å²) in [4.78, 5) is 10.2.